The van der Waals surface area contributed by atoms with Crippen molar-refractivity contribution in [3.8, 4) is 0 Å². The van der Waals surface area contributed by atoms with Gasteiger partial charge in [-0.15, -0.1) is 0 Å². The fourth-order valence-electron chi connectivity index (χ4n) is 1.73. The number of nitrogens with zero attached hydrogens (tertiary/aromatic N) is 2. The molecule has 1 aromatic carbocycles. The van der Waals surface area contributed by atoms with E-state index in [0.29, 0.717) is 16.2 Å². The van der Waals surface area contributed by atoms with E-state index in [1.807, 2.05) is 0 Å². The van der Waals surface area contributed by atoms with Crippen molar-refractivity contribution in [2.45, 2.75) is 30.0 Å². The molecular formula is C13H13N3O4S. The Labute approximate surface area is 124 Å². The first-order valence-electron chi connectivity index (χ1n) is 6.09. The zero-order valence-electron chi connectivity index (χ0n) is 11.4. The number of H-pyrrole nitrogens is 1. The first-order valence-corrected chi connectivity index (χ1v) is 6.90. The second kappa shape index (κ2) is 6.06. The third kappa shape index (κ3) is 3.67. The first kappa shape index (κ1) is 15.2. The van der Waals surface area contributed by atoms with Gasteiger partial charge in [-0.05, 0) is 37.2 Å². The minimum Gasteiger partial charge on any atom is -0.389 e. The lowest BCUT2D eigenvalue weighted by Crippen LogP contribution is -2.08. The number of aromatic amines is 1. The second-order valence-electron chi connectivity index (χ2n) is 4.45. The van der Waals surface area contributed by atoms with Gasteiger partial charge in [0.05, 0.1) is 15.9 Å². The lowest BCUT2D eigenvalue weighted by Gasteiger charge is -2.07. The molecule has 0 radical (unpaired) electrons. The van der Waals surface area contributed by atoms with E-state index >= 15 is 0 Å². The largest absolute Gasteiger partial charge is 0.389 e. The number of aliphatic hydroxyl groups is 1. The molecule has 2 rings (SSSR count). The molecule has 0 bridgehead atoms. The Kier molecular flexibility index (Phi) is 4.39. The highest BCUT2D eigenvalue weighted by Crippen LogP contribution is 2.34. The monoisotopic (exact) mass is 307 g/mol. The fraction of sp³-hybridized carbons (Fsp3) is 0.231. The van der Waals surface area contributed by atoms with E-state index in [0.717, 1.165) is 11.8 Å². The van der Waals surface area contributed by atoms with Crippen molar-refractivity contribution in [2.24, 2.45) is 0 Å². The van der Waals surface area contributed by atoms with E-state index in [1.54, 1.807) is 13.0 Å². The maximum absolute atomic E-state index is 11.4. The summed E-state index contributed by atoms with van der Waals surface area (Å²) in [7, 11) is 0. The van der Waals surface area contributed by atoms with Crippen molar-refractivity contribution in [3.05, 3.63) is 56.0 Å². The van der Waals surface area contributed by atoms with Crippen molar-refractivity contribution in [2.75, 3.05) is 0 Å². The summed E-state index contributed by atoms with van der Waals surface area (Å²) in [6, 6.07) is 5.80. The van der Waals surface area contributed by atoms with E-state index in [4.69, 9.17) is 0 Å². The molecule has 0 aliphatic rings. The van der Waals surface area contributed by atoms with Crippen LogP contribution in [-0.2, 0) is 0 Å². The van der Waals surface area contributed by atoms with Crippen molar-refractivity contribution in [1.82, 2.24) is 9.97 Å². The summed E-state index contributed by atoms with van der Waals surface area (Å²) in [5.41, 5.74) is 0.539. The van der Waals surface area contributed by atoms with Crippen molar-refractivity contribution in [1.29, 1.82) is 0 Å². The third-order valence-corrected chi connectivity index (χ3v) is 3.67. The molecule has 0 saturated carbocycles. The molecule has 1 heterocycles. The Morgan fingerprint density at radius 2 is 2.14 bits per heavy atom. The molecule has 8 heteroatoms. The third-order valence-electron chi connectivity index (χ3n) is 2.72. The zero-order valence-corrected chi connectivity index (χ0v) is 12.2. The van der Waals surface area contributed by atoms with E-state index in [9.17, 15) is 20.0 Å². The highest BCUT2D eigenvalue weighted by Gasteiger charge is 2.18. The van der Waals surface area contributed by atoms with Crippen molar-refractivity contribution < 1.29 is 10.0 Å². The molecule has 0 aliphatic heterocycles. The van der Waals surface area contributed by atoms with Gasteiger partial charge < -0.3 is 10.1 Å². The van der Waals surface area contributed by atoms with Gasteiger partial charge in [0, 0.05) is 17.8 Å². The highest BCUT2D eigenvalue weighted by molar-refractivity contribution is 7.99. The van der Waals surface area contributed by atoms with Gasteiger partial charge in [-0.2, -0.15) is 0 Å². The molecule has 0 spiro atoms. The Balaban J connectivity index is 2.43. The fourth-order valence-corrected chi connectivity index (χ4v) is 2.65. The van der Waals surface area contributed by atoms with Crippen LogP contribution >= 0.6 is 11.8 Å². The Bertz CT molecular complexity index is 742. The molecule has 110 valence electrons. The molecule has 0 fully saturated rings. The number of hydrogen-bond acceptors (Lipinski definition) is 6. The standard InChI is InChI=1S/C13H13N3O4S/c1-7-5-12(18)15-13(14-7)21-11-4-3-9(8(2)17)6-10(11)16(19)20/h3-6,8,17H,1-2H3,(H,14,15,18)/t8-/m1/s1. The number of aromatic nitrogens is 2. The average molecular weight is 307 g/mol. The van der Waals surface area contributed by atoms with Crippen LogP contribution in [0.2, 0.25) is 0 Å². The van der Waals surface area contributed by atoms with Gasteiger partial charge >= 0.3 is 0 Å². The second-order valence-corrected chi connectivity index (χ2v) is 5.48. The average Bonchev–Trinajstić information content (AvgIpc) is 2.37. The van der Waals surface area contributed by atoms with Gasteiger partial charge in [0.2, 0.25) is 0 Å². The number of nitro groups is 1. The van der Waals surface area contributed by atoms with Crippen LogP contribution in [0.4, 0.5) is 5.69 Å². The van der Waals surface area contributed by atoms with E-state index < -0.39 is 11.0 Å². The smallest absolute Gasteiger partial charge is 0.283 e. The molecule has 0 saturated heterocycles. The summed E-state index contributed by atoms with van der Waals surface area (Å²) < 4.78 is 0. The Morgan fingerprint density at radius 1 is 1.43 bits per heavy atom. The van der Waals surface area contributed by atoms with Gasteiger partial charge in [-0.3, -0.25) is 14.9 Å². The summed E-state index contributed by atoms with van der Waals surface area (Å²) >= 11 is 1.00. The van der Waals surface area contributed by atoms with Crippen LogP contribution in [0.15, 0.2) is 39.1 Å². The summed E-state index contributed by atoms with van der Waals surface area (Å²) in [6.07, 6.45) is -0.792. The Morgan fingerprint density at radius 3 is 2.71 bits per heavy atom. The lowest BCUT2D eigenvalue weighted by atomic mass is 10.1. The molecule has 0 amide bonds. The number of hydrogen-bond donors (Lipinski definition) is 2. The SMILES string of the molecule is Cc1cc(=O)[nH]c(Sc2ccc([C@@H](C)O)cc2[N+](=O)[O-])n1. The van der Waals surface area contributed by atoms with Gasteiger partial charge in [0.1, 0.15) is 0 Å². The number of rotatable bonds is 4. The van der Waals surface area contributed by atoms with Gasteiger partial charge in [0.25, 0.3) is 11.2 Å². The van der Waals surface area contributed by atoms with E-state index in [-0.39, 0.29) is 16.4 Å². The number of aliphatic hydroxyl groups excluding tert-OH is 1. The van der Waals surface area contributed by atoms with E-state index in [2.05, 4.69) is 9.97 Å². The number of benzene rings is 1. The first-order chi connectivity index (χ1) is 9.86. The van der Waals surface area contributed by atoms with Crippen LogP contribution in [-0.4, -0.2) is 20.0 Å². The van der Waals surface area contributed by atoms with Crippen LogP contribution < -0.4 is 5.56 Å². The van der Waals surface area contributed by atoms with Crippen LogP contribution in [0, 0.1) is 17.0 Å². The minimum absolute atomic E-state index is 0.137. The molecule has 2 aromatic rings. The number of nitro benzene ring substituents is 1. The number of nitrogens with one attached hydrogen (secondary N) is 1. The molecule has 7 nitrogen and oxygen atoms in total. The molecule has 0 aliphatic carbocycles. The zero-order chi connectivity index (χ0) is 15.6. The molecule has 1 atom stereocenters. The number of aryl methyl sites for hydroxylation is 1. The normalized spacial score (nSPS) is 12.1. The maximum atomic E-state index is 11.4. The highest BCUT2D eigenvalue weighted by atomic mass is 32.2. The van der Waals surface area contributed by atoms with Gasteiger partial charge in [0.15, 0.2) is 5.16 Å². The van der Waals surface area contributed by atoms with E-state index in [1.165, 1.54) is 25.1 Å². The lowest BCUT2D eigenvalue weighted by molar-refractivity contribution is -0.387. The maximum Gasteiger partial charge on any atom is 0.283 e. The summed E-state index contributed by atoms with van der Waals surface area (Å²) in [4.78, 5) is 29.0. The Hall–Kier alpha value is -2.19. The summed E-state index contributed by atoms with van der Waals surface area (Å²) in [5, 5.41) is 20.9. The molecule has 1 aromatic heterocycles. The quantitative estimate of drug-likeness (QED) is 0.509. The van der Waals surface area contributed by atoms with Crippen molar-refractivity contribution >= 4 is 17.4 Å². The van der Waals surface area contributed by atoms with Gasteiger partial charge in [-0.1, -0.05) is 6.07 Å². The van der Waals surface area contributed by atoms with Crippen LogP contribution in [0.25, 0.3) is 0 Å². The van der Waals surface area contributed by atoms with Gasteiger partial charge in [-0.25, -0.2) is 4.98 Å². The van der Waals surface area contributed by atoms with Crippen LogP contribution in [0.5, 0.6) is 0 Å². The summed E-state index contributed by atoms with van der Waals surface area (Å²) in [6.45, 7) is 3.20. The predicted octanol–water partition coefficient (Wildman–Crippen LogP) is 2.19. The topological polar surface area (TPSA) is 109 Å². The van der Waals surface area contributed by atoms with Crippen molar-refractivity contribution in [3.63, 3.8) is 0 Å². The predicted molar refractivity (Wildman–Crippen MR) is 77.4 cm³/mol. The molecular weight excluding hydrogens is 294 g/mol. The van der Waals surface area contributed by atoms with Crippen LogP contribution in [0.1, 0.15) is 24.3 Å². The molecule has 0 unspecified atom stereocenters. The minimum atomic E-state index is -0.792. The molecule has 21 heavy (non-hydrogen) atoms. The van der Waals surface area contributed by atoms with Crippen LogP contribution in [0.3, 0.4) is 0 Å². The molecule has 2 N–H and O–H groups in total. The summed E-state index contributed by atoms with van der Waals surface area (Å²) in [5.74, 6) is 0.